The molecule has 0 radical (unpaired) electrons. The average Bonchev–Trinajstić information content (AvgIpc) is 3.08. The Bertz CT molecular complexity index is 563. The van der Waals surface area contributed by atoms with Gasteiger partial charge in [-0.3, -0.25) is 0 Å². The maximum Gasteiger partial charge on any atom is 0.125 e. The van der Waals surface area contributed by atoms with Gasteiger partial charge in [0.25, 0.3) is 0 Å². The Hall–Kier alpha value is -1.20. The summed E-state index contributed by atoms with van der Waals surface area (Å²) in [5.74, 6) is -0.250. The summed E-state index contributed by atoms with van der Waals surface area (Å²) in [6.45, 7) is 0.768. The van der Waals surface area contributed by atoms with Crippen molar-refractivity contribution in [3.05, 3.63) is 46.7 Å². The predicted molar refractivity (Wildman–Crippen MR) is 71.1 cm³/mol. The van der Waals surface area contributed by atoms with Crippen molar-refractivity contribution < 1.29 is 4.39 Å². The zero-order valence-corrected chi connectivity index (χ0v) is 11.3. The molecule has 1 aliphatic carbocycles. The van der Waals surface area contributed by atoms with Crippen LogP contribution < -0.4 is 5.32 Å². The molecule has 1 fully saturated rings. The highest BCUT2D eigenvalue weighted by atomic mass is 79.9. The largest absolute Gasteiger partial charge is 0.308 e. The molecule has 0 aliphatic heterocycles. The quantitative estimate of drug-likeness (QED) is 0.941. The van der Waals surface area contributed by atoms with Crippen LogP contribution in [0, 0.1) is 5.82 Å². The van der Waals surface area contributed by atoms with Gasteiger partial charge in [-0.25, -0.2) is 9.37 Å². The second-order valence-corrected chi connectivity index (χ2v) is 5.38. The van der Waals surface area contributed by atoms with Gasteiger partial charge in [-0.05, 0) is 47.0 Å². The molecule has 1 aromatic heterocycles. The lowest BCUT2D eigenvalue weighted by Crippen LogP contribution is -2.15. The summed E-state index contributed by atoms with van der Waals surface area (Å²) >= 11 is 3.42. The van der Waals surface area contributed by atoms with Crippen LogP contribution in [0.25, 0.3) is 5.69 Å². The van der Waals surface area contributed by atoms with Crippen LogP contribution in [0.2, 0.25) is 0 Å². The minimum absolute atomic E-state index is 0.250. The fraction of sp³-hybridized carbons (Fsp3) is 0.308. The zero-order chi connectivity index (χ0) is 12.5. The Morgan fingerprint density at radius 2 is 2.28 bits per heavy atom. The van der Waals surface area contributed by atoms with E-state index in [4.69, 9.17) is 0 Å². The fourth-order valence-corrected chi connectivity index (χ4v) is 2.26. The molecule has 18 heavy (non-hydrogen) atoms. The van der Waals surface area contributed by atoms with Gasteiger partial charge in [-0.2, -0.15) is 0 Å². The Morgan fingerprint density at radius 3 is 3.06 bits per heavy atom. The lowest BCUT2D eigenvalue weighted by molar-refractivity contribution is 0.626. The summed E-state index contributed by atoms with van der Waals surface area (Å²) in [5.41, 5.74) is 1.73. The van der Waals surface area contributed by atoms with Crippen molar-refractivity contribution >= 4 is 15.9 Å². The lowest BCUT2D eigenvalue weighted by Gasteiger charge is -2.04. The molecule has 3 nitrogen and oxygen atoms in total. The molecule has 94 valence electrons. The number of benzene rings is 1. The van der Waals surface area contributed by atoms with E-state index in [-0.39, 0.29) is 5.82 Å². The van der Waals surface area contributed by atoms with Crippen LogP contribution in [0.3, 0.4) is 0 Å². The number of nitrogens with zero attached hydrogens (tertiary/aromatic N) is 2. The van der Waals surface area contributed by atoms with Crippen LogP contribution in [0.4, 0.5) is 4.39 Å². The summed E-state index contributed by atoms with van der Waals surface area (Å²) in [7, 11) is 0. The minimum atomic E-state index is -0.250. The van der Waals surface area contributed by atoms with Crippen molar-refractivity contribution in [2.75, 3.05) is 0 Å². The Kier molecular flexibility index (Phi) is 3.18. The number of imidazole rings is 1. The molecule has 2 aromatic rings. The molecule has 1 N–H and O–H groups in total. The molecular weight excluding hydrogens is 297 g/mol. The summed E-state index contributed by atoms with van der Waals surface area (Å²) in [4.78, 5) is 4.32. The minimum Gasteiger partial charge on any atom is -0.308 e. The lowest BCUT2D eigenvalue weighted by atomic mass is 10.3. The van der Waals surface area contributed by atoms with Gasteiger partial charge in [-0.1, -0.05) is 0 Å². The molecule has 5 heteroatoms. The first-order valence-corrected chi connectivity index (χ1v) is 6.73. The van der Waals surface area contributed by atoms with Gasteiger partial charge in [0.1, 0.15) is 5.82 Å². The molecule has 3 rings (SSSR count). The first-order valence-electron chi connectivity index (χ1n) is 5.94. The fourth-order valence-electron chi connectivity index (χ4n) is 1.81. The standard InChI is InChI=1S/C13H13BrFN3/c14-12-4-1-9(15)5-13(12)18-7-11(17-8-18)6-16-10-2-3-10/h1,4-5,7-8,10,16H,2-3,6H2. The second kappa shape index (κ2) is 4.82. The smallest absolute Gasteiger partial charge is 0.125 e. The molecule has 0 unspecified atom stereocenters. The van der Waals surface area contributed by atoms with E-state index in [1.54, 1.807) is 12.4 Å². The summed E-state index contributed by atoms with van der Waals surface area (Å²) in [5, 5.41) is 3.40. The van der Waals surface area contributed by atoms with Gasteiger partial charge in [0.05, 0.1) is 17.7 Å². The van der Waals surface area contributed by atoms with E-state index in [0.29, 0.717) is 6.04 Å². The van der Waals surface area contributed by atoms with Crippen LogP contribution in [-0.2, 0) is 6.54 Å². The number of aromatic nitrogens is 2. The highest BCUT2D eigenvalue weighted by Crippen LogP contribution is 2.22. The van der Waals surface area contributed by atoms with E-state index in [9.17, 15) is 4.39 Å². The maximum absolute atomic E-state index is 13.2. The van der Waals surface area contributed by atoms with Gasteiger partial charge in [-0.15, -0.1) is 0 Å². The Morgan fingerprint density at radius 1 is 1.44 bits per heavy atom. The number of halogens is 2. The van der Waals surface area contributed by atoms with Gasteiger partial charge in [0.15, 0.2) is 0 Å². The average molecular weight is 310 g/mol. The van der Waals surface area contributed by atoms with Crippen molar-refractivity contribution in [3.8, 4) is 5.69 Å². The third kappa shape index (κ3) is 2.62. The summed E-state index contributed by atoms with van der Waals surface area (Å²) < 4.78 is 15.9. The van der Waals surface area contributed by atoms with E-state index in [2.05, 4.69) is 26.2 Å². The molecular formula is C13H13BrFN3. The van der Waals surface area contributed by atoms with Gasteiger partial charge >= 0.3 is 0 Å². The van der Waals surface area contributed by atoms with E-state index in [0.717, 1.165) is 22.4 Å². The molecule has 0 saturated heterocycles. The summed E-state index contributed by atoms with van der Waals surface area (Å²) in [6, 6.07) is 5.28. The second-order valence-electron chi connectivity index (χ2n) is 4.52. The molecule has 1 heterocycles. The van der Waals surface area contributed by atoms with Crippen molar-refractivity contribution in [2.45, 2.75) is 25.4 Å². The molecule has 1 aromatic carbocycles. The van der Waals surface area contributed by atoms with E-state index >= 15 is 0 Å². The Balaban J connectivity index is 1.80. The van der Waals surface area contributed by atoms with E-state index in [1.165, 1.54) is 25.0 Å². The molecule has 0 atom stereocenters. The number of nitrogens with one attached hydrogen (secondary N) is 1. The molecule has 0 bridgehead atoms. The number of hydrogen-bond donors (Lipinski definition) is 1. The predicted octanol–water partition coefficient (Wildman–Crippen LogP) is 3.03. The SMILES string of the molecule is Fc1ccc(Br)c(-n2cnc(CNC3CC3)c2)c1. The van der Waals surface area contributed by atoms with Crippen LogP contribution in [0.5, 0.6) is 0 Å². The van der Waals surface area contributed by atoms with E-state index < -0.39 is 0 Å². The molecule has 1 aliphatic rings. The monoisotopic (exact) mass is 309 g/mol. The van der Waals surface area contributed by atoms with Crippen LogP contribution >= 0.6 is 15.9 Å². The topological polar surface area (TPSA) is 29.9 Å². The van der Waals surface area contributed by atoms with Crippen LogP contribution in [-0.4, -0.2) is 15.6 Å². The van der Waals surface area contributed by atoms with Crippen molar-refractivity contribution in [2.24, 2.45) is 0 Å². The third-order valence-electron chi connectivity index (χ3n) is 2.97. The van der Waals surface area contributed by atoms with Crippen molar-refractivity contribution in [3.63, 3.8) is 0 Å². The van der Waals surface area contributed by atoms with E-state index in [1.807, 2.05) is 10.8 Å². The third-order valence-corrected chi connectivity index (χ3v) is 3.64. The van der Waals surface area contributed by atoms with Crippen molar-refractivity contribution in [1.82, 2.24) is 14.9 Å². The first kappa shape index (κ1) is 11.9. The highest BCUT2D eigenvalue weighted by Gasteiger charge is 2.20. The number of rotatable bonds is 4. The molecule has 0 amide bonds. The Labute approximate surface area is 113 Å². The highest BCUT2D eigenvalue weighted by molar-refractivity contribution is 9.10. The van der Waals surface area contributed by atoms with Crippen LogP contribution in [0.1, 0.15) is 18.5 Å². The zero-order valence-electron chi connectivity index (χ0n) is 9.74. The summed E-state index contributed by atoms with van der Waals surface area (Å²) in [6.07, 6.45) is 6.16. The molecule has 1 saturated carbocycles. The van der Waals surface area contributed by atoms with Gasteiger partial charge < -0.3 is 9.88 Å². The van der Waals surface area contributed by atoms with Gasteiger partial charge in [0.2, 0.25) is 0 Å². The van der Waals surface area contributed by atoms with Gasteiger partial charge in [0, 0.05) is 23.3 Å². The van der Waals surface area contributed by atoms with Crippen molar-refractivity contribution in [1.29, 1.82) is 0 Å². The first-order chi connectivity index (χ1) is 8.72. The normalized spacial score (nSPS) is 15.0. The van der Waals surface area contributed by atoms with Crippen LogP contribution in [0.15, 0.2) is 35.2 Å². The molecule has 0 spiro atoms. The number of hydrogen-bond acceptors (Lipinski definition) is 2. The maximum atomic E-state index is 13.2.